The Bertz CT molecular complexity index is 1410. The summed E-state index contributed by atoms with van der Waals surface area (Å²) in [4.78, 5) is 72.9. The molecule has 1 aliphatic rings. The maximum absolute atomic E-state index is 14.3. The van der Waals surface area contributed by atoms with Crippen molar-refractivity contribution in [3.05, 3.63) is 35.9 Å². The van der Waals surface area contributed by atoms with Crippen LogP contribution in [0.5, 0.6) is 0 Å². The van der Waals surface area contributed by atoms with Crippen LogP contribution in [0.25, 0.3) is 0 Å². The Hall–Kier alpha value is -3.75. The maximum Gasteiger partial charge on any atom is 0.410 e. The SMILES string of the molecule is CCOC(=O)N(C)[C@H](C(=O)N[C@H](C(=O)N(C)[C@H]([C@@H](C)CC)[C@@H](CC(=O)N1CCC[C@H]1[C@H](OC)[C@@H](C)C(=O)N[C@H](C)[C@@H](O)c1ccccc1)OC)C(C)C)C(C)C. The highest BCUT2D eigenvalue weighted by atomic mass is 16.6. The van der Waals surface area contributed by atoms with Crippen molar-refractivity contribution in [3.8, 4) is 0 Å². The van der Waals surface area contributed by atoms with Crippen LogP contribution in [-0.4, -0.2) is 133 Å². The summed E-state index contributed by atoms with van der Waals surface area (Å²) < 4.78 is 17.1. The van der Waals surface area contributed by atoms with Crippen LogP contribution < -0.4 is 10.6 Å². The molecule has 14 heteroatoms. The van der Waals surface area contributed by atoms with E-state index in [2.05, 4.69) is 10.6 Å². The molecule has 0 radical (unpaired) electrons. The summed E-state index contributed by atoms with van der Waals surface area (Å²) in [6.07, 6.45) is -0.757. The summed E-state index contributed by atoms with van der Waals surface area (Å²) in [6.45, 7) is 17.2. The molecule has 10 atom stereocenters. The van der Waals surface area contributed by atoms with Gasteiger partial charge in [-0.3, -0.25) is 24.1 Å². The highest BCUT2D eigenvalue weighted by Gasteiger charge is 2.43. The van der Waals surface area contributed by atoms with Gasteiger partial charge in [-0.25, -0.2) is 4.79 Å². The average Bonchev–Trinajstić information content (AvgIpc) is 3.65. The summed E-state index contributed by atoms with van der Waals surface area (Å²) in [7, 11) is 6.26. The van der Waals surface area contributed by atoms with E-state index in [1.54, 1.807) is 37.6 Å². The standard InChI is InChI=1S/C42H71N5O9/c1-14-27(7)36(45(10)41(52)34(25(3)4)44-40(51)35(26(5)6)46(11)42(53)56-15-2)32(54-12)24-33(48)47-23-19-22-31(47)38(55-13)28(8)39(50)43-29(9)37(49)30-20-17-16-18-21-30/h16-18,20-21,25-29,31-32,34-38,49H,14-15,19,22-24H2,1-13H3,(H,43,50)(H,44,51)/t27-,28+,29+,31-,32+,34-,35-,36+,37+,38+/m0/s1. The highest BCUT2D eigenvalue weighted by molar-refractivity contribution is 5.91. The van der Waals surface area contributed by atoms with Gasteiger partial charge in [0.15, 0.2) is 0 Å². The first-order valence-corrected chi connectivity index (χ1v) is 20.2. The number of methoxy groups -OCH3 is 2. The normalized spacial score (nSPS) is 19.2. The van der Waals surface area contributed by atoms with E-state index in [1.807, 2.05) is 71.9 Å². The van der Waals surface area contributed by atoms with Crippen molar-refractivity contribution in [2.75, 3.05) is 41.5 Å². The molecule has 1 saturated heterocycles. The number of benzene rings is 1. The molecule has 1 fully saturated rings. The van der Waals surface area contributed by atoms with Crippen molar-refractivity contribution >= 4 is 29.7 Å². The van der Waals surface area contributed by atoms with Crippen molar-refractivity contribution in [3.63, 3.8) is 0 Å². The molecule has 2 rings (SSSR count). The summed E-state index contributed by atoms with van der Waals surface area (Å²) in [5, 5.41) is 16.7. The van der Waals surface area contributed by atoms with Crippen LogP contribution in [-0.2, 0) is 33.4 Å². The van der Waals surface area contributed by atoms with Gasteiger partial charge in [-0.05, 0) is 50.0 Å². The molecule has 0 aromatic heterocycles. The van der Waals surface area contributed by atoms with Crippen LogP contribution >= 0.6 is 0 Å². The molecule has 1 aromatic rings. The van der Waals surface area contributed by atoms with Crippen LogP contribution in [0, 0.1) is 23.7 Å². The molecule has 0 bridgehead atoms. The number of nitrogens with zero attached hydrogens (tertiary/aromatic N) is 3. The monoisotopic (exact) mass is 790 g/mol. The molecule has 0 saturated carbocycles. The van der Waals surface area contributed by atoms with E-state index in [9.17, 15) is 29.1 Å². The Morgan fingerprint density at radius 3 is 2.02 bits per heavy atom. The van der Waals surface area contributed by atoms with Gasteiger partial charge in [-0.15, -0.1) is 0 Å². The van der Waals surface area contributed by atoms with Gasteiger partial charge in [0, 0.05) is 34.9 Å². The number of ether oxygens (including phenoxy) is 3. The second-order valence-electron chi connectivity index (χ2n) is 16.0. The predicted molar refractivity (Wildman–Crippen MR) is 215 cm³/mol. The number of hydrogen-bond donors (Lipinski definition) is 3. The minimum absolute atomic E-state index is 0.0184. The number of carbonyl (C=O) groups is 5. The predicted octanol–water partition coefficient (Wildman–Crippen LogP) is 4.40. The molecule has 56 heavy (non-hydrogen) atoms. The Kier molecular flexibility index (Phi) is 19.8. The summed E-state index contributed by atoms with van der Waals surface area (Å²) in [6, 6.07) is 5.90. The summed E-state index contributed by atoms with van der Waals surface area (Å²) in [5.74, 6) is -2.53. The van der Waals surface area contributed by atoms with Crippen molar-refractivity contribution in [1.29, 1.82) is 0 Å². The van der Waals surface area contributed by atoms with Crippen LogP contribution in [0.1, 0.15) is 99.7 Å². The lowest BCUT2D eigenvalue weighted by atomic mass is 9.89. The molecule has 3 N–H and O–H groups in total. The van der Waals surface area contributed by atoms with Crippen molar-refractivity contribution in [1.82, 2.24) is 25.3 Å². The lowest BCUT2D eigenvalue weighted by molar-refractivity contribution is -0.148. The first-order chi connectivity index (χ1) is 26.4. The second kappa shape index (κ2) is 22.9. The summed E-state index contributed by atoms with van der Waals surface area (Å²) >= 11 is 0. The lowest BCUT2D eigenvalue weighted by Crippen LogP contribution is -2.60. The topological polar surface area (TPSA) is 167 Å². The molecule has 0 aliphatic carbocycles. The number of rotatable bonds is 21. The fourth-order valence-electron chi connectivity index (χ4n) is 7.92. The zero-order valence-electron chi connectivity index (χ0n) is 36.1. The fourth-order valence-corrected chi connectivity index (χ4v) is 7.92. The third-order valence-corrected chi connectivity index (χ3v) is 11.3. The smallest absolute Gasteiger partial charge is 0.410 e. The number of amides is 5. The molecule has 318 valence electrons. The fraction of sp³-hybridized carbons (Fsp3) is 0.738. The quantitative estimate of drug-likeness (QED) is 0.164. The van der Waals surface area contributed by atoms with Gasteiger partial charge in [0.2, 0.25) is 23.6 Å². The Morgan fingerprint density at radius 2 is 1.50 bits per heavy atom. The first kappa shape index (κ1) is 48.4. The van der Waals surface area contributed by atoms with Gasteiger partial charge < -0.3 is 39.8 Å². The molecule has 5 amide bonds. The largest absolute Gasteiger partial charge is 0.450 e. The number of hydrogen-bond acceptors (Lipinski definition) is 9. The minimum atomic E-state index is -0.918. The third-order valence-electron chi connectivity index (χ3n) is 11.3. The van der Waals surface area contributed by atoms with E-state index in [0.29, 0.717) is 24.9 Å². The number of likely N-dealkylation sites (tertiary alicyclic amines) is 1. The van der Waals surface area contributed by atoms with Crippen molar-refractivity contribution in [2.24, 2.45) is 23.7 Å². The number of carbonyl (C=O) groups excluding carboxylic acids is 5. The number of likely N-dealkylation sites (N-methyl/N-ethyl adjacent to an activating group) is 2. The minimum Gasteiger partial charge on any atom is -0.450 e. The molecule has 1 heterocycles. The Labute approximate surface area is 335 Å². The van der Waals surface area contributed by atoms with E-state index in [-0.39, 0.29) is 54.5 Å². The van der Waals surface area contributed by atoms with E-state index >= 15 is 0 Å². The number of aliphatic hydroxyl groups excluding tert-OH is 1. The third kappa shape index (κ3) is 12.4. The Balaban J connectivity index is 2.28. The zero-order valence-corrected chi connectivity index (χ0v) is 36.1. The average molecular weight is 790 g/mol. The Morgan fingerprint density at radius 1 is 0.875 bits per heavy atom. The van der Waals surface area contributed by atoms with Gasteiger partial charge in [-0.2, -0.15) is 0 Å². The molecule has 1 aromatic carbocycles. The van der Waals surface area contributed by atoms with E-state index in [0.717, 1.165) is 6.42 Å². The van der Waals surface area contributed by atoms with E-state index in [4.69, 9.17) is 14.2 Å². The van der Waals surface area contributed by atoms with E-state index < -0.39 is 60.4 Å². The van der Waals surface area contributed by atoms with Gasteiger partial charge in [0.1, 0.15) is 12.1 Å². The van der Waals surface area contributed by atoms with E-state index in [1.165, 1.54) is 26.2 Å². The highest BCUT2D eigenvalue weighted by Crippen LogP contribution is 2.30. The molecule has 14 nitrogen and oxygen atoms in total. The van der Waals surface area contributed by atoms with Crippen LogP contribution in [0.3, 0.4) is 0 Å². The second-order valence-corrected chi connectivity index (χ2v) is 16.0. The number of aliphatic hydroxyl groups is 1. The van der Waals surface area contributed by atoms with Crippen molar-refractivity contribution < 1.29 is 43.3 Å². The van der Waals surface area contributed by atoms with Gasteiger partial charge in [-0.1, -0.05) is 85.2 Å². The summed E-state index contributed by atoms with van der Waals surface area (Å²) in [5.41, 5.74) is 0.697. The molecular formula is C42H71N5O9. The molecule has 0 unspecified atom stereocenters. The molecular weight excluding hydrogens is 718 g/mol. The van der Waals surface area contributed by atoms with Crippen LogP contribution in [0.2, 0.25) is 0 Å². The van der Waals surface area contributed by atoms with Crippen molar-refractivity contribution in [2.45, 2.75) is 137 Å². The lowest BCUT2D eigenvalue weighted by Gasteiger charge is -2.41. The first-order valence-electron chi connectivity index (χ1n) is 20.2. The van der Waals surface area contributed by atoms with Gasteiger partial charge in [0.05, 0.1) is 55.4 Å². The van der Waals surface area contributed by atoms with Crippen LogP contribution in [0.15, 0.2) is 30.3 Å². The van der Waals surface area contributed by atoms with Gasteiger partial charge in [0.25, 0.3) is 0 Å². The molecule has 0 spiro atoms. The van der Waals surface area contributed by atoms with Gasteiger partial charge >= 0.3 is 6.09 Å². The van der Waals surface area contributed by atoms with Crippen LogP contribution in [0.4, 0.5) is 4.79 Å². The number of nitrogens with one attached hydrogen (secondary N) is 2. The zero-order chi connectivity index (χ0) is 42.4. The molecule has 1 aliphatic heterocycles. The maximum atomic E-state index is 14.3.